The molecule has 0 atom stereocenters. The minimum atomic E-state index is -3.53. The lowest BCUT2D eigenvalue weighted by atomic mass is 10.2. The van der Waals surface area contributed by atoms with E-state index in [0.717, 1.165) is 0 Å². The van der Waals surface area contributed by atoms with E-state index in [1.165, 1.54) is 24.5 Å². The molecule has 114 valence electrons. The average molecular weight is 302 g/mol. The Labute approximate surface area is 120 Å². The molecular formula is C13H22N2O4S. The third-order valence-corrected chi connectivity index (χ3v) is 4.72. The van der Waals surface area contributed by atoms with Gasteiger partial charge in [0.15, 0.2) is 0 Å². The number of hydrogen-bond acceptors (Lipinski definition) is 5. The third kappa shape index (κ3) is 3.92. The van der Waals surface area contributed by atoms with Gasteiger partial charge in [-0.25, -0.2) is 8.42 Å². The minimum Gasteiger partial charge on any atom is -0.494 e. The van der Waals surface area contributed by atoms with E-state index >= 15 is 0 Å². The average Bonchev–Trinajstić information content (AvgIpc) is 2.45. The Morgan fingerprint density at radius 1 is 1.35 bits per heavy atom. The number of sulfonamides is 1. The van der Waals surface area contributed by atoms with E-state index in [1.54, 1.807) is 12.1 Å². The van der Waals surface area contributed by atoms with Gasteiger partial charge in [-0.2, -0.15) is 4.31 Å². The summed E-state index contributed by atoms with van der Waals surface area (Å²) in [5, 5.41) is 0. The summed E-state index contributed by atoms with van der Waals surface area (Å²) < 4.78 is 36.3. The molecule has 1 aromatic rings. The zero-order valence-electron chi connectivity index (χ0n) is 12.1. The van der Waals surface area contributed by atoms with Crippen molar-refractivity contribution in [2.75, 3.05) is 33.9 Å². The molecule has 0 unspecified atom stereocenters. The van der Waals surface area contributed by atoms with Gasteiger partial charge in [0.25, 0.3) is 0 Å². The fraction of sp³-hybridized carbons (Fsp3) is 0.538. The van der Waals surface area contributed by atoms with Gasteiger partial charge >= 0.3 is 0 Å². The summed E-state index contributed by atoms with van der Waals surface area (Å²) in [6, 6.07) is 4.73. The third-order valence-electron chi connectivity index (χ3n) is 2.87. The van der Waals surface area contributed by atoms with E-state index in [4.69, 9.17) is 15.2 Å². The van der Waals surface area contributed by atoms with Crippen molar-refractivity contribution in [3.05, 3.63) is 23.8 Å². The fourth-order valence-corrected chi connectivity index (χ4v) is 2.90. The number of nitrogens with zero attached hydrogens (tertiary/aromatic N) is 1. The van der Waals surface area contributed by atoms with Crippen molar-refractivity contribution in [1.29, 1.82) is 0 Å². The van der Waals surface area contributed by atoms with Gasteiger partial charge in [0.1, 0.15) is 5.75 Å². The van der Waals surface area contributed by atoms with E-state index in [9.17, 15) is 8.42 Å². The van der Waals surface area contributed by atoms with Crippen LogP contribution < -0.4 is 10.5 Å². The van der Waals surface area contributed by atoms with Crippen LogP contribution in [0.1, 0.15) is 12.5 Å². The highest BCUT2D eigenvalue weighted by atomic mass is 32.2. The molecule has 20 heavy (non-hydrogen) atoms. The summed E-state index contributed by atoms with van der Waals surface area (Å²) in [5.74, 6) is 0.619. The summed E-state index contributed by atoms with van der Waals surface area (Å²) in [6.45, 7) is 3.23. The second-order valence-corrected chi connectivity index (χ2v) is 6.27. The molecule has 0 aliphatic rings. The Balaban J connectivity index is 3.06. The van der Waals surface area contributed by atoms with Crippen LogP contribution in [0.15, 0.2) is 23.1 Å². The molecule has 0 amide bonds. The Bertz CT molecular complexity index is 531. The zero-order valence-corrected chi connectivity index (χ0v) is 12.9. The molecule has 0 saturated carbocycles. The highest BCUT2D eigenvalue weighted by Crippen LogP contribution is 2.24. The number of methoxy groups -OCH3 is 1. The number of rotatable bonds is 8. The van der Waals surface area contributed by atoms with E-state index in [-0.39, 0.29) is 11.4 Å². The normalized spacial score (nSPS) is 11.8. The monoisotopic (exact) mass is 302 g/mol. The number of nitrogens with two attached hydrogens (primary N) is 1. The van der Waals surface area contributed by atoms with Gasteiger partial charge in [-0.1, -0.05) is 0 Å². The maximum atomic E-state index is 12.4. The lowest BCUT2D eigenvalue weighted by Gasteiger charge is -2.18. The molecule has 2 N–H and O–H groups in total. The second-order valence-electron chi connectivity index (χ2n) is 4.23. The van der Waals surface area contributed by atoms with Crippen LogP contribution in [0.4, 0.5) is 0 Å². The zero-order chi connectivity index (χ0) is 15.2. The molecular weight excluding hydrogens is 280 g/mol. The fourth-order valence-electron chi connectivity index (χ4n) is 1.69. The lowest BCUT2D eigenvalue weighted by molar-refractivity contribution is 0.185. The van der Waals surface area contributed by atoms with E-state index in [1.807, 2.05) is 6.92 Å². The number of ether oxygens (including phenoxy) is 2. The van der Waals surface area contributed by atoms with Gasteiger partial charge in [-0.15, -0.1) is 0 Å². The summed E-state index contributed by atoms with van der Waals surface area (Å²) in [6.07, 6.45) is 0. The van der Waals surface area contributed by atoms with Gasteiger partial charge in [-0.3, -0.25) is 0 Å². The molecule has 6 nitrogen and oxygen atoms in total. The smallest absolute Gasteiger partial charge is 0.242 e. The first-order valence-corrected chi connectivity index (χ1v) is 7.82. The minimum absolute atomic E-state index is 0.208. The summed E-state index contributed by atoms with van der Waals surface area (Å²) >= 11 is 0. The Morgan fingerprint density at radius 2 is 2.05 bits per heavy atom. The molecule has 0 aliphatic carbocycles. The van der Waals surface area contributed by atoms with Crippen LogP contribution in [0.3, 0.4) is 0 Å². The van der Waals surface area contributed by atoms with Crippen molar-refractivity contribution in [3.63, 3.8) is 0 Å². The molecule has 0 spiro atoms. The largest absolute Gasteiger partial charge is 0.494 e. The maximum Gasteiger partial charge on any atom is 0.242 e. The number of benzene rings is 1. The summed E-state index contributed by atoms with van der Waals surface area (Å²) in [4.78, 5) is 0.208. The Kier molecular flexibility index (Phi) is 6.41. The Morgan fingerprint density at radius 3 is 2.60 bits per heavy atom. The second kappa shape index (κ2) is 7.58. The van der Waals surface area contributed by atoms with E-state index in [0.29, 0.717) is 31.1 Å². The first kappa shape index (κ1) is 16.9. The van der Waals surface area contributed by atoms with Crippen molar-refractivity contribution in [2.24, 2.45) is 5.73 Å². The van der Waals surface area contributed by atoms with Crippen molar-refractivity contribution in [3.8, 4) is 5.75 Å². The van der Waals surface area contributed by atoms with Crippen LogP contribution in [-0.4, -0.2) is 46.6 Å². The van der Waals surface area contributed by atoms with Crippen molar-refractivity contribution in [1.82, 2.24) is 4.31 Å². The van der Waals surface area contributed by atoms with Crippen LogP contribution >= 0.6 is 0 Å². The predicted molar refractivity (Wildman–Crippen MR) is 77.2 cm³/mol. The first-order valence-electron chi connectivity index (χ1n) is 6.38. The molecule has 0 radical (unpaired) electrons. The maximum absolute atomic E-state index is 12.4. The van der Waals surface area contributed by atoms with Gasteiger partial charge in [0, 0.05) is 32.8 Å². The molecule has 1 rings (SSSR count). The quantitative estimate of drug-likeness (QED) is 0.768. The molecule has 0 bridgehead atoms. The molecule has 0 aliphatic heterocycles. The molecule has 0 fully saturated rings. The van der Waals surface area contributed by atoms with Crippen LogP contribution in [0.5, 0.6) is 5.75 Å². The first-order chi connectivity index (χ1) is 9.47. The van der Waals surface area contributed by atoms with Crippen molar-refractivity contribution in [2.45, 2.75) is 18.4 Å². The Hall–Kier alpha value is -1.15. The van der Waals surface area contributed by atoms with Gasteiger partial charge in [0.05, 0.1) is 18.1 Å². The predicted octanol–water partition coefficient (Wildman–Crippen LogP) is 0.811. The molecule has 0 aromatic heterocycles. The number of hydrogen-bond donors (Lipinski definition) is 1. The topological polar surface area (TPSA) is 81.9 Å². The summed E-state index contributed by atoms with van der Waals surface area (Å²) in [5.41, 5.74) is 6.32. The highest BCUT2D eigenvalue weighted by Gasteiger charge is 2.21. The van der Waals surface area contributed by atoms with Gasteiger partial charge in [-0.05, 0) is 25.1 Å². The van der Waals surface area contributed by atoms with Gasteiger partial charge in [0.2, 0.25) is 10.0 Å². The molecule has 7 heteroatoms. The van der Waals surface area contributed by atoms with E-state index in [2.05, 4.69) is 0 Å². The van der Waals surface area contributed by atoms with Gasteiger partial charge < -0.3 is 15.2 Å². The van der Waals surface area contributed by atoms with Crippen LogP contribution in [-0.2, 0) is 21.3 Å². The molecule has 1 aromatic carbocycles. The van der Waals surface area contributed by atoms with E-state index < -0.39 is 10.0 Å². The van der Waals surface area contributed by atoms with Crippen LogP contribution in [0.2, 0.25) is 0 Å². The van der Waals surface area contributed by atoms with Crippen molar-refractivity contribution >= 4 is 10.0 Å². The lowest BCUT2D eigenvalue weighted by Crippen LogP contribution is -2.30. The number of likely N-dealkylation sites (N-methyl/N-ethyl adjacent to an activating group) is 1. The van der Waals surface area contributed by atoms with Crippen LogP contribution in [0.25, 0.3) is 0 Å². The molecule has 0 saturated heterocycles. The highest BCUT2D eigenvalue weighted by molar-refractivity contribution is 7.89. The molecule has 0 heterocycles. The van der Waals surface area contributed by atoms with Crippen molar-refractivity contribution < 1.29 is 17.9 Å². The SMILES string of the molecule is CCOc1ccc(S(=O)(=O)N(C)CCOC)cc1CN. The van der Waals surface area contributed by atoms with Crippen LogP contribution in [0, 0.1) is 0 Å². The standard InChI is InChI=1S/C13H22N2O4S/c1-4-19-13-6-5-12(9-11(13)10-14)20(16,17)15(2)7-8-18-3/h5-6,9H,4,7-8,10,14H2,1-3H3. The summed E-state index contributed by atoms with van der Waals surface area (Å²) in [7, 11) is -0.481.